The van der Waals surface area contributed by atoms with Crippen molar-refractivity contribution >= 4 is 17.4 Å². The largest absolute Gasteiger partial charge is 0.381 e. The van der Waals surface area contributed by atoms with Crippen molar-refractivity contribution in [2.75, 3.05) is 16.8 Å². The Balaban J connectivity index is 1.82. The standard InChI is InChI=1S/C15H21N5S/c1-15(2)7-8-21-10-13(15)16-12-6-4-5-11(9-12)14-17-18-19-20(14)3/h4-6,9,13,16H,7-8,10H2,1-3H3. The lowest BCUT2D eigenvalue weighted by Crippen LogP contribution is -2.41. The number of hydrogen-bond donors (Lipinski definition) is 1. The summed E-state index contributed by atoms with van der Waals surface area (Å²) < 4.78 is 1.69. The van der Waals surface area contributed by atoms with Crippen molar-refractivity contribution < 1.29 is 0 Å². The normalized spacial score (nSPS) is 21.2. The van der Waals surface area contributed by atoms with Crippen molar-refractivity contribution in [2.24, 2.45) is 12.5 Å². The van der Waals surface area contributed by atoms with Crippen molar-refractivity contribution in [2.45, 2.75) is 26.3 Å². The Labute approximate surface area is 129 Å². The molecular formula is C15H21N5S. The van der Waals surface area contributed by atoms with Crippen molar-refractivity contribution in [3.8, 4) is 11.4 Å². The second-order valence-electron chi connectivity index (χ2n) is 6.22. The summed E-state index contributed by atoms with van der Waals surface area (Å²) in [5, 5.41) is 15.4. The van der Waals surface area contributed by atoms with Crippen molar-refractivity contribution in [3.05, 3.63) is 24.3 Å². The van der Waals surface area contributed by atoms with Crippen molar-refractivity contribution in [1.29, 1.82) is 0 Å². The SMILES string of the molecule is Cn1nnnc1-c1cccc(NC2CSCCC2(C)C)c1. The Morgan fingerprint density at radius 1 is 1.38 bits per heavy atom. The molecule has 6 heteroatoms. The molecular weight excluding hydrogens is 282 g/mol. The number of rotatable bonds is 3. The Hall–Kier alpha value is -1.56. The Morgan fingerprint density at radius 3 is 2.95 bits per heavy atom. The van der Waals surface area contributed by atoms with Crippen LogP contribution in [0.25, 0.3) is 11.4 Å². The molecule has 1 aromatic heterocycles. The highest BCUT2D eigenvalue weighted by Gasteiger charge is 2.32. The molecule has 0 spiro atoms. The van der Waals surface area contributed by atoms with E-state index < -0.39 is 0 Å². The van der Waals surface area contributed by atoms with Crippen LogP contribution >= 0.6 is 11.8 Å². The van der Waals surface area contributed by atoms with E-state index in [1.165, 1.54) is 12.2 Å². The van der Waals surface area contributed by atoms with Crippen LogP contribution in [-0.4, -0.2) is 37.8 Å². The summed E-state index contributed by atoms with van der Waals surface area (Å²) in [4.78, 5) is 0. The monoisotopic (exact) mass is 303 g/mol. The fourth-order valence-corrected chi connectivity index (χ4v) is 4.20. The van der Waals surface area contributed by atoms with Crippen LogP contribution in [-0.2, 0) is 7.05 Å². The molecule has 3 rings (SSSR count). The van der Waals surface area contributed by atoms with E-state index in [1.807, 2.05) is 24.9 Å². The molecule has 1 aliphatic heterocycles. The minimum Gasteiger partial charge on any atom is -0.381 e. The van der Waals surface area contributed by atoms with E-state index in [0.29, 0.717) is 11.5 Å². The van der Waals surface area contributed by atoms with Gasteiger partial charge in [-0.1, -0.05) is 26.0 Å². The molecule has 0 saturated carbocycles. The van der Waals surface area contributed by atoms with E-state index in [1.54, 1.807) is 4.68 Å². The predicted molar refractivity (Wildman–Crippen MR) is 87.4 cm³/mol. The number of hydrogen-bond acceptors (Lipinski definition) is 5. The Kier molecular flexibility index (Phi) is 3.89. The average molecular weight is 303 g/mol. The lowest BCUT2D eigenvalue weighted by atomic mass is 9.82. The topological polar surface area (TPSA) is 55.6 Å². The number of nitrogens with zero attached hydrogens (tertiary/aromatic N) is 4. The second-order valence-corrected chi connectivity index (χ2v) is 7.37. The fourth-order valence-electron chi connectivity index (χ4n) is 2.60. The fraction of sp³-hybridized carbons (Fsp3) is 0.533. The van der Waals surface area contributed by atoms with Gasteiger partial charge in [-0.05, 0) is 40.1 Å². The van der Waals surface area contributed by atoms with E-state index >= 15 is 0 Å². The third-order valence-corrected chi connectivity index (χ3v) is 5.26. The quantitative estimate of drug-likeness (QED) is 0.945. The molecule has 0 amide bonds. The van der Waals surface area contributed by atoms with Crippen LogP contribution in [0, 0.1) is 5.41 Å². The first-order chi connectivity index (χ1) is 10.1. The number of thioether (sulfide) groups is 1. The second kappa shape index (κ2) is 5.67. The van der Waals surface area contributed by atoms with E-state index in [9.17, 15) is 0 Å². The lowest BCUT2D eigenvalue weighted by Gasteiger charge is -2.39. The van der Waals surface area contributed by atoms with Gasteiger partial charge in [-0.25, -0.2) is 4.68 Å². The molecule has 1 N–H and O–H groups in total. The summed E-state index contributed by atoms with van der Waals surface area (Å²) in [7, 11) is 1.86. The van der Waals surface area contributed by atoms with Gasteiger partial charge in [0.15, 0.2) is 5.82 Å². The van der Waals surface area contributed by atoms with E-state index in [0.717, 1.165) is 22.8 Å². The zero-order valence-corrected chi connectivity index (χ0v) is 13.5. The van der Waals surface area contributed by atoms with Gasteiger partial charge < -0.3 is 5.32 Å². The first-order valence-electron chi connectivity index (χ1n) is 7.23. The van der Waals surface area contributed by atoms with Gasteiger partial charge >= 0.3 is 0 Å². The third kappa shape index (κ3) is 3.05. The van der Waals surface area contributed by atoms with Gasteiger partial charge in [0.1, 0.15) is 0 Å². The Morgan fingerprint density at radius 2 is 2.24 bits per heavy atom. The highest BCUT2D eigenvalue weighted by molar-refractivity contribution is 7.99. The van der Waals surface area contributed by atoms with E-state index in [2.05, 4.69) is 52.9 Å². The molecule has 1 fully saturated rings. The number of nitrogens with one attached hydrogen (secondary N) is 1. The van der Waals surface area contributed by atoms with Crippen molar-refractivity contribution in [1.82, 2.24) is 20.2 Å². The summed E-state index contributed by atoms with van der Waals surface area (Å²) in [6.07, 6.45) is 1.25. The van der Waals surface area contributed by atoms with Gasteiger partial charge in [0.05, 0.1) is 0 Å². The van der Waals surface area contributed by atoms with Crippen LogP contribution in [0.1, 0.15) is 20.3 Å². The number of benzene rings is 1. The zero-order valence-electron chi connectivity index (χ0n) is 12.7. The molecule has 1 aromatic carbocycles. The summed E-state index contributed by atoms with van der Waals surface area (Å²) in [5.74, 6) is 3.20. The Bertz CT molecular complexity index is 622. The molecule has 112 valence electrons. The molecule has 2 heterocycles. The molecule has 5 nitrogen and oxygen atoms in total. The first kappa shape index (κ1) is 14.4. The maximum atomic E-state index is 4.07. The molecule has 1 atom stereocenters. The van der Waals surface area contributed by atoms with Crippen LogP contribution in [0.4, 0.5) is 5.69 Å². The van der Waals surface area contributed by atoms with Gasteiger partial charge in [0.25, 0.3) is 0 Å². The predicted octanol–water partition coefficient (Wildman–Crippen LogP) is 2.82. The van der Waals surface area contributed by atoms with Crippen molar-refractivity contribution in [3.63, 3.8) is 0 Å². The van der Waals surface area contributed by atoms with Gasteiger partial charge in [0, 0.05) is 30.1 Å². The van der Waals surface area contributed by atoms with Crippen LogP contribution in [0.5, 0.6) is 0 Å². The van der Waals surface area contributed by atoms with Crippen LogP contribution in [0.15, 0.2) is 24.3 Å². The molecule has 1 unspecified atom stereocenters. The zero-order chi connectivity index (χ0) is 14.9. The molecule has 1 saturated heterocycles. The summed E-state index contributed by atoms with van der Waals surface area (Å²) in [6.45, 7) is 4.70. The smallest absolute Gasteiger partial charge is 0.181 e. The summed E-state index contributed by atoms with van der Waals surface area (Å²) in [5.41, 5.74) is 2.50. The van der Waals surface area contributed by atoms with Crippen LogP contribution in [0.3, 0.4) is 0 Å². The van der Waals surface area contributed by atoms with Gasteiger partial charge in [0.2, 0.25) is 0 Å². The lowest BCUT2D eigenvalue weighted by molar-refractivity contribution is 0.305. The molecule has 0 radical (unpaired) electrons. The maximum Gasteiger partial charge on any atom is 0.181 e. The van der Waals surface area contributed by atoms with Crippen LogP contribution in [0.2, 0.25) is 0 Å². The summed E-state index contributed by atoms with van der Waals surface area (Å²) in [6, 6.07) is 8.82. The average Bonchev–Trinajstić information content (AvgIpc) is 2.88. The number of aryl methyl sites for hydroxylation is 1. The van der Waals surface area contributed by atoms with E-state index in [4.69, 9.17) is 0 Å². The number of aromatic nitrogens is 4. The molecule has 21 heavy (non-hydrogen) atoms. The molecule has 0 bridgehead atoms. The molecule has 1 aliphatic rings. The van der Waals surface area contributed by atoms with Crippen LogP contribution < -0.4 is 5.32 Å². The van der Waals surface area contributed by atoms with Gasteiger partial charge in [-0.15, -0.1) is 5.10 Å². The number of anilines is 1. The van der Waals surface area contributed by atoms with E-state index in [-0.39, 0.29) is 0 Å². The highest BCUT2D eigenvalue weighted by atomic mass is 32.2. The minimum absolute atomic E-state index is 0.327. The molecule has 0 aliphatic carbocycles. The molecule has 2 aromatic rings. The first-order valence-corrected chi connectivity index (χ1v) is 8.39. The van der Waals surface area contributed by atoms with Gasteiger partial charge in [-0.3, -0.25) is 0 Å². The summed E-state index contributed by atoms with van der Waals surface area (Å²) >= 11 is 2.03. The van der Waals surface area contributed by atoms with Gasteiger partial charge in [-0.2, -0.15) is 11.8 Å². The maximum absolute atomic E-state index is 4.07. The third-order valence-electron chi connectivity index (χ3n) is 4.20. The highest BCUT2D eigenvalue weighted by Crippen LogP contribution is 2.36. The number of tetrazole rings is 1. The minimum atomic E-state index is 0.327.